The number of carbonyl (C=O) groups excluding carboxylic acids is 1. The largest absolute Gasteiger partial charge is 0.271 e. The quantitative estimate of drug-likeness (QED) is 0.612. The third-order valence-corrected chi connectivity index (χ3v) is 6.56. The maximum absolute atomic E-state index is 12.7. The molecule has 0 spiro atoms. The monoisotopic (exact) mass is 405 g/mol. The molecule has 1 N–H and O–H groups in total. The summed E-state index contributed by atoms with van der Waals surface area (Å²) in [4.78, 5) is 12.4. The van der Waals surface area contributed by atoms with E-state index in [0.717, 1.165) is 19.3 Å². The predicted molar refractivity (Wildman–Crippen MR) is 106 cm³/mol. The molecule has 0 radical (unpaired) electrons. The summed E-state index contributed by atoms with van der Waals surface area (Å²) < 4.78 is 27.0. The molecular formula is C19H20ClN3O3S. The Morgan fingerprint density at radius 3 is 2.56 bits per heavy atom. The fourth-order valence-corrected chi connectivity index (χ4v) is 4.60. The summed E-state index contributed by atoms with van der Waals surface area (Å²) in [5, 5.41) is 4.41. The Bertz CT molecular complexity index is 954. The van der Waals surface area contributed by atoms with Crippen LogP contribution in [0.5, 0.6) is 0 Å². The van der Waals surface area contributed by atoms with Gasteiger partial charge in [0.2, 0.25) is 10.0 Å². The highest BCUT2D eigenvalue weighted by Crippen LogP contribution is 2.21. The fraction of sp³-hybridized carbons (Fsp3) is 0.263. The third-order valence-electron chi connectivity index (χ3n) is 4.32. The van der Waals surface area contributed by atoms with Gasteiger partial charge in [0.25, 0.3) is 5.91 Å². The highest BCUT2D eigenvalue weighted by Gasteiger charge is 2.26. The summed E-state index contributed by atoms with van der Waals surface area (Å²) in [6, 6.07) is 13.1. The van der Waals surface area contributed by atoms with Gasteiger partial charge in [-0.25, -0.2) is 13.8 Å². The van der Waals surface area contributed by atoms with Crippen LogP contribution in [0.3, 0.4) is 0 Å². The van der Waals surface area contributed by atoms with Gasteiger partial charge in [0, 0.05) is 29.2 Å². The first-order valence-corrected chi connectivity index (χ1v) is 10.5. The van der Waals surface area contributed by atoms with Crippen molar-refractivity contribution in [1.82, 2.24) is 9.73 Å². The molecule has 1 aliphatic rings. The number of carbonyl (C=O) groups is 1. The van der Waals surface area contributed by atoms with E-state index in [4.69, 9.17) is 11.6 Å². The van der Waals surface area contributed by atoms with Gasteiger partial charge in [-0.1, -0.05) is 42.3 Å². The molecular weight excluding hydrogens is 386 g/mol. The van der Waals surface area contributed by atoms with Crippen LogP contribution in [-0.2, 0) is 10.0 Å². The lowest BCUT2D eigenvalue weighted by Crippen LogP contribution is -2.35. The molecule has 142 valence electrons. The first-order valence-electron chi connectivity index (χ1n) is 8.66. The zero-order valence-electron chi connectivity index (χ0n) is 14.6. The zero-order chi connectivity index (χ0) is 19.3. The fourth-order valence-electron chi connectivity index (χ4n) is 2.86. The van der Waals surface area contributed by atoms with Gasteiger partial charge in [-0.05, 0) is 37.1 Å². The average Bonchev–Trinajstić information content (AvgIpc) is 2.70. The van der Waals surface area contributed by atoms with Crippen LogP contribution < -0.4 is 5.43 Å². The SMILES string of the molecule is O=C(NN=Cc1ccccc1Cl)c1cccc(S(=O)(=O)N2CCCCC2)c1. The van der Waals surface area contributed by atoms with Gasteiger partial charge in [0.15, 0.2) is 0 Å². The Balaban J connectivity index is 1.73. The zero-order valence-corrected chi connectivity index (χ0v) is 16.2. The second kappa shape index (κ2) is 8.65. The molecule has 0 aromatic heterocycles. The minimum Gasteiger partial charge on any atom is -0.267 e. The van der Waals surface area contributed by atoms with Crippen molar-refractivity contribution in [2.24, 2.45) is 5.10 Å². The number of sulfonamides is 1. The smallest absolute Gasteiger partial charge is 0.267 e. The van der Waals surface area contributed by atoms with Gasteiger partial charge in [0.05, 0.1) is 11.1 Å². The molecule has 0 aliphatic carbocycles. The Morgan fingerprint density at radius 1 is 1.07 bits per heavy atom. The minimum absolute atomic E-state index is 0.118. The molecule has 6 nitrogen and oxygen atoms in total. The molecule has 1 fully saturated rings. The standard InChI is InChI=1S/C19H20ClN3O3S/c20-18-10-3-2-7-16(18)14-21-22-19(24)15-8-6-9-17(13-15)27(25,26)23-11-4-1-5-12-23/h2-3,6-10,13-14H,1,4-5,11-12H2,(H,22,24). The summed E-state index contributed by atoms with van der Waals surface area (Å²) in [6.07, 6.45) is 4.19. The molecule has 0 unspecified atom stereocenters. The topological polar surface area (TPSA) is 78.8 Å². The summed E-state index contributed by atoms with van der Waals surface area (Å²) >= 11 is 6.03. The molecule has 0 atom stereocenters. The number of amides is 1. The van der Waals surface area contributed by atoms with Crippen molar-refractivity contribution in [3.05, 3.63) is 64.7 Å². The van der Waals surface area contributed by atoms with Crippen LogP contribution in [-0.4, -0.2) is 37.9 Å². The number of halogens is 1. The van der Waals surface area contributed by atoms with Gasteiger partial charge in [-0.2, -0.15) is 9.41 Å². The first kappa shape index (κ1) is 19.5. The Kier molecular flexibility index (Phi) is 6.26. The molecule has 3 rings (SSSR count). The number of hydrogen-bond donors (Lipinski definition) is 1. The molecule has 1 saturated heterocycles. The molecule has 1 aliphatic heterocycles. The van der Waals surface area contributed by atoms with Crippen LogP contribution in [0.4, 0.5) is 0 Å². The molecule has 1 heterocycles. The van der Waals surface area contributed by atoms with Crippen molar-refractivity contribution in [2.75, 3.05) is 13.1 Å². The summed E-state index contributed by atoms with van der Waals surface area (Å²) in [7, 11) is -3.59. The predicted octanol–water partition coefficient (Wildman–Crippen LogP) is 3.28. The lowest BCUT2D eigenvalue weighted by Gasteiger charge is -2.25. The number of nitrogens with zero attached hydrogens (tertiary/aromatic N) is 2. The Labute approximate surface area is 163 Å². The first-order chi connectivity index (χ1) is 13.0. The Hall–Kier alpha value is -2.22. The second-order valence-electron chi connectivity index (χ2n) is 6.21. The van der Waals surface area contributed by atoms with Gasteiger partial charge in [0.1, 0.15) is 0 Å². The van der Waals surface area contributed by atoms with E-state index in [-0.39, 0.29) is 10.5 Å². The molecule has 8 heteroatoms. The third kappa shape index (κ3) is 4.74. The summed E-state index contributed by atoms with van der Waals surface area (Å²) in [5.41, 5.74) is 3.29. The number of hydrazone groups is 1. The van der Waals surface area contributed by atoms with E-state index >= 15 is 0 Å². The van der Waals surface area contributed by atoms with Crippen LogP contribution in [0.2, 0.25) is 5.02 Å². The Morgan fingerprint density at radius 2 is 1.81 bits per heavy atom. The number of benzene rings is 2. The van der Waals surface area contributed by atoms with Crippen LogP contribution in [0.1, 0.15) is 35.2 Å². The van der Waals surface area contributed by atoms with Crippen LogP contribution in [0, 0.1) is 0 Å². The molecule has 0 bridgehead atoms. The van der Waals surface area contributed by atoms with E-state index < -0.39 is 15.9 Å². The van der Waals surface area contributed by atoms with E-state index in [1.165, 1.54) is 22.7 Å². The van der Waals surface area contributed by atoms with Gasteiger partial charge >= 0.3 is 0 Å². The highest BCUT2D eigenvalue weighted by molar-refractivity contribution is 7.89. The van der Waals surface area contributed by atoms with E-state index in [1.807, 2.05) is 6.07 Å². The van der Waals surface area contributed by atoms with Crippen molar-refractivity contribution >= 4 is 33.7 Å². The van der Waals surface area contributed by atoms with Crippen molar-refractivity contribution < 1.29 is 13.2 Å². The lowest BCUT2D eigenvalue weighted by atomic mass is 10.2. The molecule has 2 aromatic rings. The minimum atomic E-state index is -3.59. The molecule has 0 saturated carbocycles. The van der Waals surface area contributed by atoms with Crippen molar-refractivity contribution in [3.63, 3.8) is 0 Å². The van der Waals surface area contributed by atoms with Gasteiger partial charge in [-0.3, -0.25) is 4.79 Å². The number of hydrogen-bond acceptors (Lipinski definition) is 4. The van der Waals surface area contributed by atoms with E-state index in [0.29, 0.717) is 23.7 Å². The average molecular weight is 406 g/mol. The maximum atomic E-state index is 12.7. The van der Waals surface area contributed by atoms with E-state index in [9.17, 15) is 13.2 Å². The lowest BCUT2D eigenvalue weighted by molar-refractivity contribution is 0.0955. The van der Waals surface area contributed by atoms with E-state index in [1.54, 1.807) is 30.3 Å². The summed E-state index contributed by atoms with van der Waals surface area (Å²) in [6.45, 7) is 1.03. The number of nitrogens with one attached hydrogen (secondary N) is 1. The van der Waals surface area contributed by atoms with Gasteiger partial charge in [-0.15, -0.1) is 0 Å². The van der Waals surface area contributed by atoms with Crippen LogP contribution in [0.25, 0.3) is 0 Å². The number of rotatable bonds is 5. The van der Waals surface area contributed by atoms with Crippen LogP contribution >= 0.6 is 11.6 Å². The van der Waals surface area contributed by atoms with Crippen molar-refractivity contribution in [3.8, 4) is 0 Å². The number of piperidine rings is 1. The van der Waals surface area contributed by atoms with Crippen molar-refractivity contribution in [2.45, 2.75) is 24.2 Å². The molecule has 1 amide bonds. The molecule has 2 aromatic carbocycles. The van der Waals surface area contributed by atoms with Crippen molar-refractivity contribution in [1.29, 1.82) is 0 Å². The van der Waals surface area contributed by atoms with E-state index in [2.05, 4.69) is 10.5 Å². The molecule has 27 heavy (non-hydrogen) atoms. The van der Waals surface area contributed by atoms with Crippen LogP contribution in [0.15, 0.2) is 58.5 Å². The highest BCUT2D eigenvalue weighted by atomic mass is 35.5. The second-order valence-corrected chi connectivity index (χ2v) is 8.56. The van der Waals surface area contributed by atoms with Gasteiger partial charge < -0.3 is 0 Å². The summed E-state index contributed by atoms with van der Waals surface area (Å²) in [5.74, 6) is -0.492. The maximum Gasteiger partial charge on any atom is 0.271 e. The normalized spacial score (nSPS) is 15.7.